The van der Waals surface area contributed by atoms with Crippen molar-refractivity contribution in [2.75, 3.05) is 40.8 Å². The molecule has 1 saturated heterocycles. The first-order valence-corrected chi connectivity index (χ1v) is 8.38. The lowest BCUT2D eigenvalue weighted by Crippen LogP contribution is -2.34. The van der Waals surface area contributed by atoms with Crippen molar-refractivity contribution in [3.05, 3.63) is 29.8 Å². The molecule has 7 heteroatoms. The molecule has 0 bridgehead atoms. The SMILES string of the molecule is COc1ccccc1C(CNC(=O)CCC1CCNC1)N(C)C.Cl.Cl. The van der Waals surface area contributed by atoms with Gasteiger partial charge in [0.1, 0.15) is 5.75 Å². The Morgan fingerprint density at radius 2 is 2.08 bits per heavy atom. The first-order valence-electron chi connectivity index (χ1n) is 8.38. The molecule has 2 unspecified atom stereocenters. The second kappa shape index (κ2) is 12.4. The van der Waals surface area contributed by atoms with Crippen LogP contribution in [0.15, 0.2) is 24.3 Å². The van der Waals surface area contributed by atoms with Gasteiger partial charge in [-0.25, -0.2) is 0 Å². The predicted octanol–water partition coefficient (Wildman–Crippen LogP) is 2.65. The van der Waals surface area contributed by atoms with Gasteiger partial charge in [0.25, 0.3) is 0 Å². The molecule has 1 heterocycles. The monoisotopic (exact) mass is 391 g/mol. The highest BCUT2D eigenvalue weighted by Crippen LogP contribution is 2.27. The van der Waals surface area contributed by atoms with Gasteiger partial charge in [-0.2, -0.15) is 0 Å². The van der Waals surface area contributed by atoms with Gasteiger partial charge in [0.2, 0.25) is 5.91 Å². The van der Waals surface area contributed by atoms with E-state index < -0.39 is 0 Å². The number of nitrogens with zero attached hydrogens (tertiary/aromatic N) is 1. The van der Waals surface area contributed by atoms with E-state index >= 15 is 0 Å². The smallest absolute Gasteiger partial charge is 0.220 e. The largest absolute Gasteiger partial charge is 0.496 e. The third kappa shape index (κ3) is 7.40. The number of rotatable bonds is 8. The Balaban J connectivity index is 0.00000288. The molecule has 0 aliphatic carbocycles. The van der Waals surface area contributed by atoms with Crippen LogP contribution < -0.4 is 15.4 Å². The Hall–Kier alpha value is -1.01. The highest BCUT2D eigenvalue weighted by atomic mass is 35.5. The Kier molecular flexibility index (Phi) is 11.9. The fourth-order valence-electron chi connectivity index (χ4n) is 3.11. The fourth-order valence-corrected chi connectivity index (χ4v) is 3.11. The third-order valence-electron chi connectivity index (χ3n) is 4.56. The summed E-state index contributed by atoms with van der Waals surface area (Å²) in [6, 6.07) is 8.08. The van der Waals surface area contributed by atoms with Gasteiger partial charge in [0.05, 0.1) is 13.2 Å². The lowest BCUT2D eigenvalue weighted by atomic mass is 10.0. The summed E-state index contributed by atoms with van der Waals surface area (Å²) in [4.78, 5) is 14.2. The summed E-state index contributed by atoms with van der Waals surface area (Å²) in [6.45, 7) is 2.73. The van der Waals surface area contributed by atoms with Gasteiger partial charge < -0.3 is 20.3 Å². The number of amides is 1. The molecular weight excluding hydrogens is 361 g/mol. The van der Waals surface area contributed by atoms with E-state index in [2.05, 4.69) is 21.6 Å². The van der Waals surface area contributed by atoms with Crippen LogP contribution >= 0.6 is 24.8 Å². The summed E-state index contributed by atoms with van der Waals surface area (Å²) in [6.07, 6.45) is 2.77. The standard InChI is InChI=1S/C18H29N3O2.2ClH/c1-21(2)16(15-6-4-5-7-17(15)23-3)13-20-18(22)9-8-14-10-11-19-12-14;;/h4-7,14,16,19H,8-13H2,1-3H3,(H,20,22);2*1H. The Bertz CT molecular complexity index is 509. The van der Waals surface area contributed by atoms with Crippen LogP contribution in [0, 0.1) is 5.92 Å². The number of benzene rings is 1. The van der Waals surface area contributed by atoms with Gasteiger partial charge in [-0.15, -0.1) is 24.8 Å². The van der Waals surface area contributed by atoms with Crippen molar-refractivity contribution in [1.82, 2.24) is 15.5 Å². The van der Waals surface area contributed by atoms with Crippen molar-refractivity contribution in [2.45, 2.75) is 25.3 Å². The maximum Gasteiger partial charge on any atom is 0.220 e. The fraction of sp³-hybridized carbons (Fsp3) is 0.611. The molecule has 1 fully saturated rings. The highest BCUT2D eigenvalue weighted by Gasteiger charge is 2.20. The molecule has 1 aliphatic heterocycles. The number of carbonyl (C=O) groups is 1. The van der Waals surface area contributed by atoms with Gasteiger partial charge in [0.15, 0.2) is 0 Å². The molecule has 144 valence electrons. The molecule has 5 nitrogen and oxygen atoms in total. The van der Waals surface area contributed by atoms with Crippen LogP contribution in [-0.2, 0) is 4.79 Å². The maximum absolute atomic E-state index is 12.1. The minimum Gasteiger partial charge on any atom is -0.496 e. The number of methoxy groups -OCH3 is 1. The van der Waals surface area contributed by atoms with Crippen LogP contribution in [0.4, 0.5) is 0 Å². The zero-order chi connectivity index (χ0) is 16.7. The maximum atomic E-state index is 12.1. The molecular formula is C18H31Cl2N3O2. The molecule has 2 atom stereocenters. The summed E-state index contributed by atoms with van der Waals surface area (Å²) in [5.41, 5.74) is 1.10. The minimum absolute atomic E-state index is 0. The van der Waals surface area contributed by atoms with Gasteiger partial charge in [0, 0.05) is 18.5 Å². The summed E-state index contributed by atoms with van der Waals surface area (Å²) in [5.74, 6) is 1.65. The number of hydrogen-bond acceptors (Lipinski definition) is 4. The lowest BCUT2D eigenvalue weighted by Gasteiger charge is -2.26. The van der Waals surface area contributed by atoms with Crippen LogP contribution in [0.25, 0.3) is 0 Å². The molecule has 1 aliphatic rings. The molecule has 0 saturated carbocycles. The van der Waals surface area contributed by atoms with Gasteiger partial charge >= 0.3 is 0 Å². The summed E-state index contributed by atoms with van der Waals surface area (Å²) < 4.78 is 5.45. The Morgan fingerprint density at radius 3 is 2.68 bits per heavy atom. The average molecular weight is 392 g/mol. The number of para-hydroxylation sites is 1. The minimum atomic E-state index is 0. The van der Waals surface area contributed by atoms with Crippen LogP contribution in [0.3, 0.4) is 0 Å². The number of hydrogen-bond donors (Lipinski definition) is 2. The van der Waals surface area contributed by atoms with Crippen molar-refractivity contribution in [3.8, 4) is 5.75 Å². The van der Waals surface area contributed by atoms with Crippen LogP contribution in [0.1, 0.15) is 30.9 Å². The van der Waals surface area contributed by atoms with Gasteiger partial charge in [-0.05, 0) is 52.0 Å². The Morgan fingerprint density at radius 1 is 1.36 bits per heavy atom. The van der Waals surface area contributed by atoms with E-state index in [1.807, 2.05) is 32.3 Å². The number of halogens is 2. The third-order valence-corrected chi connectivity index (χ3v) is 4.56. The van der Waals surface area contributed by atoms with E-state index in [-0.39, 0.29) is 36.8 Å². The van der Waals surface area contributed by atoms with Crippen LogP contribution in [0.2, 0.25) is 0 Å². The first-order chi connectivity index (χ1) is 11.1. The molecule has 2 N–H and O–H groups in total. The molecule has 25 heavy (non-hydrogen) atoms. The lowest BCUT2D eigenvalue weighted by molar-refractivity contribution is -0.121. The van der Waals surface area contributed by atoms with E-state index in [9.17, 15) is 4.79 Å². The summed E-state index contributed by atoms with van der Waals surface area (Å²) in [7, 11) is 5.72. The number of ether oxygens (including phenoxy) is 1. The van der Waals surface area contributed by atoms with Gasteiger partial charge in [-0.1, -0.05) is 18.2 Å². The van der Waals surface area contributed by atoms with Crippen LogP contribution in [-0.4, -0.2) is 51.6 Å². The molecule has 2 rings (SSSR count). The van der Waals surface area contributed by atoms with E-state index in [0.29, 0.717) is 18.9 Å². The van der Waals surface area contributed by atoms with Crippen molar-refractivity contribution in [2.24, 2.45) is 5.92 Å². The molecule has 0 spiro atoms. The number of carbonyl (C=O) groups excluding carboxylic acids is 1. The van der Waals surface area contributed by atoms with E-state index in [1.165, 1.54) is 6.42 Å². The zero-order valence-corrected chi connectivity index (χ0v) is 16.9. The van der Waals surface area contributed by atoms with Gasteiger partial charge in [-0.3, -0.25) is 4.79 Å². The highest BCUT2D eigenvalue weighted by molar-refractivity contribution is 5.85. The molecule has 0 radical (unpaired) electrons. The molecule has 1 aromatic rings. The van der Waals surface area contributed by atoms with Crippen molar-refractivity contribution in [1.29, 1.82) is 0 Å². The second-order valence-electron chi connectivity index (χ2n) is 6.42. The number of likely N-dealkylation sites (N-methyl/N-ethyl adjacent to an activating group) is 1. The zero-order valence-electron chi connectivity index (χ0n) is 15.3. The van der Waals surface area contributed by atoms with E-state index in [0.717, 1.165) is 30.8 Å². The topological polar surface area (TPSA) is 53.6 Å². The number of nitrogens with one attached hydrogen (secondary N) is 2. The summed E-state index contributed by atoms with van der Waals surface area (Å²) >= 11 is 0. The van der Waals surface area contributed by atoms with Crippen molar-refractivity contribution in [3.63, 3.8) is 0 Å². The molecule has 1 aromatic carbocycles. The summed E-state index contributed by atoms with van der Waals surface area (Å²) in [5, 5.41) is 6.42. The predicted molar refractivity (Wildman–Crippen MR) is 107 cm³/mol. The normalized spacial score (nSPS) is 17.4. The van der Waals surface area contributed by atoms with E-state index in [1.54, 1.807) is 7.11 Å². The first kappa shape index (κ1) is 24.0. The van der Waals surface area contributed by atoms with Crippen molar-refractivity contribution >= 4 is 30.7 Å². The van der Waals surface area contributed by atoms with Crippen molar-refractivity contribution < 1.29 is 9.53 Å². The quantitative estimate of drug-likeness (QED) is 0.714. The molecule has 1 amide bonds. The van der Waals surface area contributed by atoms with Crippen LogP contribution in [0.5, 0.6) is 5.75 Å². The van der Waals surface area contributed by atoms with E-state index in [4.69, 9.17) is 4.74 Å². The Labute approximate surface area is 163 Å². The second-order valence-corrected chi connectivity index (χ2v) is 6.42. The average Bonchev–Trinajstić information content (AvgIpc) is 3.06. The molecule has 0 aromatic heterocycles.